The molecule has 0 unspecified atom stereocenters. The average Bonchev–Trinajstić information content (AvgIpc) is 4.17. The van der Waals surface area contributed by atoms with Gasteiger partial charge in [0.05, 0.1) is 33.8 Å². The van der Waals surface area contributed by atoms with Crippen molar-refractivity contribution in [3.63, 3.8) is 0 Å². The maximum atomic E-state index is 15.8. The number of hydrogen-bond donors (Lipinski definition) is 0. The molecule has 0 fully saturated rings. The van der Waals surface area contributed by atoms with E-state index in [0.717, 1.165) is 77.2 Å². The van der Waals surface area contributed by atoms with Gasteiger partial charge in [-0.15, -0.1) is 0 Å². The van der Waals surface area contributed by atoms with E-state index in [-0.39, 0.29) is 23.4 Å². The van der Waals surface area contributed by atoms with Crippen molar-refractivity contribution in [1.29, 1.82) is 0 Å². The van der Waals surface area contributed by atoms with Crippen molar-refractivity contribution in [3.05, 3.63) is 313 Å². The Kier molecular flexibility index (Phi) is 7.28. The predicted octanol–water partition coefficient (Wildman–Crippen LogP) is 16.0. The smallest absolute Gasteiger partial charge is 0.175 e. The molecule has 0 spiro atoms. The monoisotopic (exact) mass is 939 g/mol. The Balaban J connectivity index is 1.07. The lowest BCUT2D eigenvalue weighted by Crippen LogP contribution is -2.28. The highest BCUT2D eigenvalue weighted by molar-refractivity contribution is 6.29. The normalized spacial score (nSPS) is 19.0. The third-order valence-corrected chi connectivity index (χ3v) is 18.4. The van der Waals surface area contributed by atoms with Gasteiger partial charge in [0, 0.05) is 44.5 Å². The molecule has 7 aliphatic carbocycles. The summed E-state index contributed by atoms with van der Waals surface area (Å²) >= 11 is 0. The first-order valence-electron chi connectivity index (χ1n) is 26.0. The van der Waals surface area contributed by atoms with Crippen LogP contribution in [0.4, 0.5) is 0 Å². The number of benzene rings is 11. The minimum absolute atomic E-state index is 0.104. The van der Waals surface area contributed by atoms with Gasteiger partial charge in [0.15, 0.2) is 11.6 Å². The molecule has 3 heteroatoms. The van der Waals surface area contributed by atoms with Crippen molar-refractivity contribution < 1.29 is 9.59 Å². The van der Waals surface area contributed by atoms with Crippen LogP contribution in [0, 0.1) is 0 Å². The highest BCUT2D eigenvalue weighted by atomic mass is 16.1. The molecule has 3 nitrogen and oxygen atoms in total. The minimum Gasteiger partial charge on any atom is -0.308 e. The number of carbonyl (C=O) groups excluding carboxylic acids is 2. The van der Waals surface area contributed by atoms with Gasteiger partial charge in [-0.2, -0.15) is 0 Å². The maximum Gasteiger partial charge on any atom is 0.175 e. The Morgan fingerprint density at radius 1 is 0.338 bits per heavy atom. The summed E-state index contributed by atoms with van der Waals surface area (Å²) in [6.45, 7) is 0. The van der Waals surface area contributed by atoms with Gasteiger partial charge in [0.2, 0.25) is 0 Å². The van der Waals surface area contributed by atoms with Gasteiger partial charge in [-0.1, -0.05) is 194 Å². The lowest BCUT2D eigenvalue weighted by atomic mass is 9.66. The van der Waals surface area contributed by atoms with Gasteiger partial charge in [-0.3, -0.25) is 9.59 Å². The van der Waals surface area contributed by atoms with Gasteiger partial charge in [0.1, 0.15) is 0 Å². The minimum atomic E-state index is -0.733. The molecule has 0 radical (unpaired) electrons. The van der Waals surface area contributed by atoms with Crippen LogP contribution in [0.2, 0.25) is 0 Å². The maximum absolute atomic E-state index is 15.8. The van der Waals surface area contributed by atoms with Crippen molar-refractivity contribution in [1.82, 2.24) is 4.40 Å². The molecule has 74 heavy (non-hydrogen) atoms. The van der Waals surface area contributed by atoms with Gasteiger partial charge in [0.25, 0.3) is 0 Å². The van der Waals surface area contributed by atoms with Gasteiger partial charge in [-0.25, -0.2) is 0 Å². The first kappa shape index (κ1) is 39.4. The van der Waals surface area contributed by atoms with E-state index in [1.165, 1.54) is 71.8 Å². The number of hydrogen-bond acceptors (Lipinski definition) is 2. The Morgan fingerprint density at radius 3 is 1.28 bits per heavy atom. The highest BCUT2D eigenvalue weighted by Crippen LogP contribution is 2.63. The largest absolute Gasteiger partial charge is 0.308 e. The molecule has 0 amide bonds. The zero-order valence-electron chi connectivity index (χ0n) is 39.9. The SMILES string of the molecule is O=C1c2cc3c(cc2C2c4ccccc4C1c1ccccc12)c1cc2c(c4c5cc6c(cc5n3c14)C(=O)C1c3ccccc3C6c3ccccc31)C(c1ccccc1)(c1ccccc1)c1ccc3ccccc3c1-2. The fourth-order valence-corrected chi connectivity index (χ4v) is 15.7. The quantitative estimate of drug-likeness (QED) is 0.173. The summed E-state index contributed by atoms with van der Waals surface area (Å²) in [5.74, 6) is -0.775. The third-order valence-electron chi connectivity index (χ3n) is 18.4. The first-order valence-corrected chi connectivity index (χ1v) is 26.0. The van der Waals surface area contributed by atoms with E-state index in [1.54, 1.807) is 0 Å². The van der Waals surface area contributed by atoms with Crippen LogP contribution >= 0.6 is 0 Å². The lowest BCUT2D eigenvalue weighted by molar-refractivity contribution is 0.0966. The molecule has 20 rings (SSSR count). The second-order valence-electron chi connectivity index (χ2n) is 21.5. The molecule has 0 aliphatic heterocycles. The highest BCUT2D eigenvalue weighted by Gasteiger charge is 2.51. The molecule has 7 aliphatic rings. The summed E-state index contributed by atoms with van der Waals surface area (Å²) in [6.07, 6.45) is 0. The summed E-state index contributed by atoms with van der Waals surface area (Å²) < 4.78 is 2.46. The summed E-state index contributed by atoms with van der Waals surface area (Å²) in [7, 11) is 0. The van der Waals surface area contributed by atoms with Gasteiger partial charge >= 0.3 is 0 Å². The van der Waals surface area contributed by atoms with E-state index >= 15 is 9.59 Å². The average molecular weight is 940 g/mol. The van der Waals surface area contributed by atoms with Crippen molar-refractivity contribution in [2.24, 2.45) is 0 Å². The summed E-state index contributed by atoms with van der Waals surface area (Å²) in [5.41, 5.74) is 22.6. The van der Waals surface area contributed by atoms with Crippen LogP contribution in [0.3, 0.4) is 0 Å². The number of Topliss-reactive ketones (excluding diaryl/α,β-unsaturated/α-hetero) is 2. The predicted molar refractivity (Wildman–Crippen MR) is 296 cm³/mol. The third kappa shape index (κ3) is 4.51. The van der Waals surface area contributed by atoms with Crippen LogP contribution in [-0.4, -0.2) is 16.0 Å². The molecule has 0 saturated carbocycles. The second-order valence-corrected chi connectivity index (χ2v) is 21.5. The second kappa shape index (κ2) is 13.7. The number of carbonyl (C=O) groups is 2. The van der Waals surface area contributed by atoms with Crippen LogP contribution in [0.5, 0.6) is 0 Å². The Bertz CT molecular complexity index is 4600. The number of nitrogens with zero attached hydrogens (tertiary/aromatic N) is 1. The summed E-state index contributed by atoms with van der Waals surface area (Å²) in [4.78, 5) is 31.5. The fraction of sp³-hybridized carbons (Fsp3) is 0.0704. The lowest BCUT2D eigenvalue weighted by Gasteiger charge is -2.34. The zero-order valence-corrected chi connectivity index (χ0v) is 39.9. The number of ketones is 2. The van der Waals surface area contributed by atoms with Crippen LogP contribution in [0.25, 0.3) is 60.0 Å². The topological polar surface area (TPSA) is 38.5 Å². The molecule has 0 saturated heterocycles. The molecule has 11 aromatic carbocycles. The molecule has 0 N–H and O–H groups in total. The molecular weight excluding hydrogens is 899 g/mol. The first-order chi connectivity index (χ1) is 36.6. The van der Waals surface area contributed by atoms with E-state index in [1.807, 2.05) is 0 Å². The number of rotatable bonds is 2. The van der Waals surface area contributed by atoms with Crippen LogP contribution < -0.4 is 0 Å². The van der Waals surface area contributed by atoms with Crippen molar-refractivity contribution in [2.75, 3.05) is 0 Å². The molecule has 0 atom stereocenters. The fourth-order valence-electron chi connectivity index (χ4n) is 15.7. The van der Waals surface area contributed by atoms with E-state index < -0.39 is 17.3 Å². The molecule has 4 bridgehead atoms. The van der Waals surface area contributed by atoms with Crippen LogP contribution in [0.1, 0.15) is 122 Å². The number of fused-ring (bicyclic) bond motifs is 12. The van der Waals surface area contributed by atoms with Crippen molar-refractivity contribution in [2.45, 2.75) is 29.1 Å². The van der Waals surface area contributed by atoms with Gasteiger partial charge < -0.3 is 4.40 Å². The van der Waals surface area contributed by atoms with Crippen LogP contribution in [0.15, 0.2) is 224 Å². The summed E-state index contributed by atoms with van der Waals surface area (Å²) in [5, 5.41) is 6.98. The molecule has 2 heterocycles. The molecular formula is C71H41NO2. The van der Waals surface area contributed by atoms with E-state index in [9.17, 15) is 0 Å². The Hall–Kier alpha value is -9.18. The number of aromatic nitrogens is 1. The zero-order chi connectivity index (χ0) is 48.3. The van der Waals surface area contributed by atoms with Crippen LogP contribution in [-0.2, 0) is 5.41 Å². The standard InChI is InChI=1S/C71H41NO2/c73-69-54-36-59-50(33-51(54)61-42-23-9-13-27-46(42)64(69)47-28-14-10-24-43(47)61)53-35-57-63-41-22-8-7-17-38(41)31-32-58(63)71(39-18-3-1-4-19-39,40-20-5-2-6-21-40)67(57)66-56-34-52-55(37-60(56)72(59)68(53)66)70(74)65-48-29-15-11-25-44(48)62(52)45-26-12-16-30-49(45)65/h1-37,61-62,64-65H. The van der Waals surface area contributed by atoms with E-state index in [4.69, 9.17) is 0 Å². The van der Waals surface area contributed by atoms with E-state index in [0.29, 0.717) is 0 Å². The molecule has 13 aromatic rings. The summed E-state index contributed by atoms with van der Waals surface area (Å²) in [6, 6.07) is 82.2. The van der Waals surface area contributed by atoms with Crippen molar-refractivity contribution >= 4 is 60.4 Å². The van der Waals surface area contributed by atoms with E-state index in [2.05, 4.69) is 229 Å². The molecule has 2 aromatic heterocycles. The Morgan fingerprint density at radius 2 is 0.770 bits per heavy atom. The Labute approximate surface area is 426 Å². The van der Waals surface area contributed by atoms with Gasteiger partial charge in [-0.05, 0) is 130 Å². The molecule has 342 valence electrons. The van der Waals surface area contributed by atoms with Crippen molar-refractivity contribution in [3.8, 4) is 11.1 Å².